The first-order chi connectivity index (χ1) is 11.9. The van der Waals surface area contributed by atoms with E-state index in [1.165, 1.54) is 4.31 Å². The van der Waals surface area contributed by atoms with Gasteiger partial charge in [-0.3, -0.25) is 9.10 Å². The second-order valence-electron chi connectivity index (χ2n) is 6.60. The average molecular weight is 361 g/mol. The number of carbonyl (C=O) groups is 1. The van der Waals surface area contributed by atoms with Crippen LogP contribution in [0.4, 0.5) is 11.4 Å². The van der Waals surface area contributed by atoms with Crippen LogP contribution >= 0.6 is 0 Å². The molecule has 0 unspecified atom stereocenters. The van der Waals surface area contributed by atoms with Crippen molar-refractivity contribution in [2.75, 3.05) is 21.9 Å². The van der Waals surface area contributed by atoms with Crippen LogP contribution in [0, 0.1) is 5.92 Å². The molecule has 25 heavy (non-hydrogen) atoms. The van der Waals surface area contributed by atoms with Gasteiger partial charge in [-0.25, -0.2) is 8.42 Å². The molecule has 1 atom stereocenters. The van der Waals surface area contributed by atoms with Gasteiger partial charge in [-0.1, -0.05) is 13.8 Å². The Balaban J connectivity index is 1.74. The molecule has 1 saturated heterocycles. The molecule has 1 N–H and O–H groups in total. The van der Waals surface area contributed by atoms with Crippen LogP contribution in [0.2, 0.25) is 0 Å². The number of nitrogens with zero attached hydrogens (tertiary/aromatic N) is 2. The Bertz CT molecular complexity index is 827. The van der Waals surface area contributed by atoms with Crippen LogP contribution in [0.3, 0.4) is 0 Å². The minimum Gasteiger partial charge on any atom is -0.342 e. The smallest absolute Gasteiger partial charge is 0.247 e. The first kappa shape index (κ1) is 17.5. The zero-order chi connectivity index (χ0) is 18.0. The van der Waals surface area contributed by atoms with Crippen molar-refractivity contribution in [3.8, 4) is 0 Å². The van der Waals surface area contributed by atoms with Crippen LogP contribution in [-0.4, -0.2) is 31.2 Å². The third kappa shape index (κ3) is 3.71. The molecule has 0 radical (unpaired) electrons. The van der Waals surface area contributed by atoms with Gasteiger partial charge < -0.3 is 9.88 Å². The van der Waals surface area contributed by atoms with Crippen molar-refractivity contribution in [3.05, 3.63) is 48.8 Å². The molecule has 1 aliphatic rings. The monoisotopic (exact) mass is 361 g/mol. The van der Waals surface area contributed by atoms with Crippen LogP contribution in [0.15, 0.2) is 48.8 Å². The van der Waals surface area contributed by atoms with Crippen LogP contribution in [0.5, 0.6) is 0 Å². The summed E-state index contributed by atoms with van der Waals surface area (Å²) >= 11 is 0. The number of aromatic nitrogens is 1. The van der Waals surface area contributed by atoms with Gasteiger partial charge in [0.2, 0.25) is 15.9 Å². The summed E-state index contributed by atoms with van der Waals surface area (Å²) in [5, 5.41) is 2.92. The Hall–Kier alpha value is -2.28. The lowest BCUT2D eigenvalue weighted by Crippen LogP contribution is -2.29. The molecule has 134 valence electrons. The van der Waals surface area contributed by atoms with E-state index in [-0.39, 0.29) is 23.6 Å². The number of nitrogens with one attached hydrogen (secondary N) is 1. The van der Waals surface area contributed by atoms with Crippen molar-refractivity contribution in [1.82, 2.24) is 4.57 Å². The lowest BCUT2D eigenvalue weighted by molar-refractivity contribution is -0.120. The van der Waals surface area contributed by atoms with E-state index in [0.717, 1.165) is 0 Å². The Morgan fingerprint density at radius 1 is 1.12 bits per heavy atom. The molecular formula is C18H23N3O3S. The summed E-state index contributed by atoms with van der Waals surface area (Å²) in [4.78, 5) is 12.7. The fourth-order valence-electron chi connectivity index (χ4n) is 3.17. The molecule has 7 heteroatoms. The van der Waals surface area contributed by atoms with E-state index in [0.29, 0.717) is 24.3 Å². The van der Waals surface area contributed by atoms with Crippen LogP contribution in [0.25, 0.3) is 0 Å². The number of anilines is 2. The van der Waals surface area contributed by atoms with E-state index in [9.17, 15) is 13.2 Å². The zero-order valence-electron chi connectivity index (χ0n) is 14.4. The summed E-state index contributed by atoms with van der Waals surface area (Å²) < 4.78 is 27.3. The SMILES string of the molecule is CC(C)[C@@H](C(=O)Nc1ccc(N2CCCS2(=O)=O)cc1)n1cccc1. The topological polar surface area (TPSA) is 71.4 Å². The largest absolute Gasteiger partial charge is 0.342 e. The fraction of sp³-hybridized carbons (Fsp3) is 0.389. The maximum Gasteiger partial charge on any atom is 0.247 e. The lowest BCUT2D eigenvalue weighted by atomic mass is 10.0. The third-order valence-corrected chi connectivity index (χ3v) is 6.24. The summed E-state index contributed by atoms with van der Waals surface area (Å²) in [6, 6.07) is 10.5. The number of amides is 1. The number of sulfonamides is 1. The molecule has 0 saturated carbocycles. The summed E-state index contributed by atoms with van der Waals surface area (Å²) in [6.07, 6.45) is 4.41. The predicted octanol–water partition coefficient (Wildman–Crippen LogP) is 2.86. The fourth-order valence-corrected chi connectivity index (χ4v) is 4.74. The van der Waals surface area contributed by atoms with Crippen molar-refractivity contribution in [2.45, 2.75) is 26.3 Å². The van der Waals surface area contributed by atoms with E-state index in [1.54, 1.807) is 24.3 Å². The Labute approximate surface area is 148 Å². The normalized spacial score (nSPS) is 17.6. The highest BCUT2D eigenvalue weighted by Crippen LogP contribution is 2.26. The molecule has 1 aromatic heterocycles. The van der Waals surface area contributed by atoms with Gasteiger partial charge in [-0.15, -0.1) is 0 Å². The standard InChI is InChI=1S/C18H23N3O3S/c1-14(2)17(20-10-3-4-11-20)18(22)19-15-6-8-16(9-7-15)21-12-5-13-25(21,23)24/h3-4,6-11,14,17H,5,12-13H2,1-2H3,(H,19,22)/t17-/m0/s1. The van der Waals surface area contributed by atoms with Crippen LogP contribution < -0.4 is 9.62 Å². The first-order valence-corrected chi connectivity index (χ1v) is 10.0. The van der Waals surface area contributed by atoms with Crippen molar-refractivity contribution in [3.63, 3.8) is 0 Å². The summed E-state index contributed by atoms with van der Waals surface area (Å²) in [7, 11) is -3.19. The Morgan fingerprint density at radius 2 is 1.76 bits per heavy atom. The van der Waals surface area contributed by atoms with Gasteiger partial charge in [0.1, 0.15) is 6.04 Å². The third-order valence-electron chi connectivity index (χ3n) is 4.37. The highest BCUT2D eigenvalue weighted by atomic mass is 32.2. The minimum atomic E-state index is -3.19. The van der Waals surface area contributed by atoms with Gasteiger partial charge in [0.25, 0.3) is 0 Å². The molecule has 1 fully saturated rings. The predicted molar refractivity (Wildman–Crippen MR) is 99.1 cm³/mol. The minimum absolute atomic E-state index is 0.0901. The van der Waals surface area contributed by atoms with Gasteiger partial charge in [-0.05, 0) is 48.7 Å². The van der Waals surface area contributed by atoms with Gasteiger partial charge in [0.05, 0.1) is 11.4 Å². The quantitative estimate of drug-likeness (QED) is 0.890. The van der Waals surface area contributed by atoms with Crippen molar-refractivity contribution in [1.29, 1.82) is 0 Å². The van der Waals surface area contributed by atoms with E-state index >= 15 is 0 Å². The van der Waals surface area contributed by atoms with Crippen molar-refractivity contribution in [2.24, 2.45) is 5.92 Å². The second-order valence-corrected chi connectivity index (χ2v) is 8.61. The number of carbonyl (C=O) groups excluding carboxylic acids is 1. The molecule has 6 nitrogen and oxygen atoms in total. The number of hydrogen-bond acceptors (Lipinski definition) is 3. The molecule has 0 bridgehead atoms. The highest BCUT2D eigenvalue weighted by molar-refractivity contribution is 7.93. The first-order valence-electron chi connectivity index (χ1n) is 8.42. The van der Waals surface area contributed by atoms with E-state index in [1.807, 2.05) is 42.9 Å². The van der Waals surface area contributed by atoms with Gasteiger partial charge in [0.15, 0.2) is 0 Å². The molecule has 2 aromatic rings. The van der Waals surface area contributed by atoms with Crippen molar-refractivity contribution >= 4 is 27.3 Å². The van der Waals surface area contributed by atoms with Gasteiger partial charge >= 0.3 is 0 Å². The number of benzene rings is 1. The highest BCUT2D eigenvalue weighted by Gasteiger charge is 2.28. The Kier molecular flexibility index (Phi) is 4.85. The molecule has 3 rings (SSSR count). The van der Waals surface area contributed by atoms with Crippen molar-refractivity contribution < 1.29 is 13.2 Å². The second kappa shape index (κ2) is 6.92. The maximum absolute atomic E-state index is 12.7. The maximum atomic E-state index is 12.7. The number of rotatable bonds is 5. The molecule has 0 spiro atoms. The van der Waals surface area contributed by atoms with E-state index in [2.05, 4.69) is 5.32 Å². The summed E-state index contributed by atoms with van der Waals surface area (Å²) in [6.45, 7) is 4.52. The van der Waals surface area contributed by atoms with Gasteiger partial charge in [0, 0.05) is 24.6 Å². The molecule has 0 aliphatic carbocycles. The Morgan fingerprint density at radius 3 is 2.28 bits per heavy atom. The molecule has 1 aliphatic heterocycles. The summed E-state index contributed by atoms with van der Waals surface area (Å²) in [5.41, 5.74) is 1.30. The zero-order valence-corrected chi connectivity index (χ0v) is 15.2. The molecule has 1 aromatic carbocycles. The van der Waals surface area contributed by atoms with E-state index < -0.39 is 10.0 Å². The summed E-state index contributed by atoms with van der Waals surface area (Å²) in [5.74, 6) is 0.243. The molecular weight excluding hydrogens is 338 g/mol. The molecule has 1 amide bonds. The number of hydrogen-bond donors (Lipinski definition) is 1. The molecule has 2 heterocycles. The lowest BCUT2D eigenvalue weighted by Gasteiger charge is -2.22. The van der Waals surface area contributed by atoms with Crippen LogP contribution in [0.1, 0.15) is 26.3 Å². The van der Waals surface area contributed by atoms with Crippen LogP contribution in [-0.2, 0) is 14.8 Å². The van der Waals surface area contributed by atoms with Gasteiger partial charge in [-0.2, -0.15) is 0 Å². The van der Waals surface area contributed by atoms with E-state index in [4.69, 9.17) is 0 Å². The average Bonchev–Trinajstić information content (AvgIpc) is 3.17.